The molecule has 2 aromatic carbocycles. The van der Waals surface area contributed by atoms with Crippen LogP contribution in [0, 0.1) is 0 Å². The maximum absolute atomic E-state index is 7.17. The quantitative estimate of drug-likeness (QED) is 0.582. The predicted molar refractivity (Wildman–Crippen MR) is 91.2 cm³/mol. The van der Waals surface area contributed by atoms with Crippen molar-refractivity contribution in [1.82, 2.24) is 4.90 Å². The fourth-order valence-corrected chi connectivity index (χ4v) is 4.95. The summed E-state index contributed by atoms with van der Waals surface area (Å²) in [5.74, 6) is 0. The number of rotatable bonds is 1. The molecule has 3 aromatic rings. The molecule has 0 aliphatic carbocycles. The Morgan fingerprint density at radius 1 is 1.10 bits per heavy atom. The highest BCUT2D eigenvalue weighted by molar-refractivity contribution is 7.19. The molecule has 1 aromatic heterocycles. The minimum absolute atomic E-state index is 0.437. The number of alkyl halides is 1. The predicted octanol–water partition coefficient (Wildman–Crippen LogP) is 4.83. The van der Waals surface area contributed by atoms with Gasteiger partial charge in [-0.15, -0.1) is 22.9 Å². The molecule has 1 aliphatic heterocycles. The molecule has 0 saturated heterocycles. The van der Waals surface area contributed by atoms with Gasteiger partial charge < -0.3 is 0 Å². The van der Waals surface area contributed by atoms with Crippen LogP contribution in [0.3, 0.4) is 0 Å². The van der Waals surface area contributed by atoms with Crippen LogP contribution in [0.25, 0.3) is 10.1 Å². The van der Waals surface area contributed by atoms with Crippen molar-refractivity contribution >= 4 is 33.0 Å². The number of thiophene rings is 1. The van der Waals surface area contributed by atoms with E-state index in [1.54, 1.807) is 0 Å². The number of fused-ring (bicyclic) bond motifs is 2. The summed E-state index contributed by atoms with van der Waals surface area (Å²) in [4.78, 5) is 3.11. The van der Waals surface area contributed by atoms with Crippen LogP contribution in [0.1, 0.15) is 16.0 Å². The normalized spacial score (nSPS) is 22.4. The highest BCUT2D eigenvalue weighted by Crippen LogP contribution is 2.46. The van der Waals surface area contributed by atoms with Crippen molar-refractivity contribution < 1.29 is 0 Å². The molecule has 0 radical (unpaired) electrons. The van der Waals surface area contributed by atoms with Gasteiger partial charge in [0.15, 0.2) is 0 Å². The lowest BCUT2D eigenvalue weighted by molar-refractivity contribution is 0.281. The zero-order chi connectivity index (χ0) is 14.4. The summed E-state index contributed by atoms with van der Waals surface area (Å²) in [6, 6.07) is 19.3. The minimum Gasteiger partial charge on any atom is -0.300 e. The lowest BCUT2D eigenvalue weighted by Crippen LogP contribution is -2.40. The highest BCUT2D eigenvalue weighted by atomic mass is 35.5. The maximum Gasteiger partial charge on any atom is 0.116 e. The highest BCUT2D eigenvalue weighted by Gasteiger charge is 2.39. The van der Waals surface area contributed by atoms with Gasteiger partial charge in [-0.1, -0.05) is 42.5 Å². The first-order valence-electron chi connectivity index (χ1n) is 7.12. The molecule has 0 spiro atoms. The SMILES string of the molecule is CN1Cc2ccccc2C(Cl)(c2cc3ccccc3s2)C1. The summed E-state index contributed by atoms with van der Waals surface area (Å²) < 4.78 is 1.30. The zero-order valence-corrected chi connectivity index (χ0v) is 13.4. The zero-order valence-electron chi connectivity index (χ0n) is 11.8. The Morgan fingerprint density at radius 3 is 2.71 bits per heavy atom. The lowest BCUT2D eigenvalue weighted by atomic mass is 9.88. The van der Waals surface area contributed by atoms with Gasteiger partial charge in [0.1, 0.15) is 4.87 Å². The molecule has 0 bridgehead atoms. The topological polar surface area (TPSA) is 3.24 Å². The fourth-order valence-electron chi connectivity index (χ4n) is 3.24. The van der Waals surface area contributed by atoms with E-state index in [2.05, 4.69) is 66.5 Å². The maximum atomic E-state index is 7.17. The third kappa shape index (κ3) is 2.10. The van der Waals surface area contributed by atoms with Crippen LogP contribution >= 0.6 is 22.9 Å². The van der Waals surface area contributed by atoms with Gasteiger partial charge in [-0.05, 0) is 35.7 Å². The van der Waals surface area contributed by atoms with E-state index in [0.717, 1.165) is 13.1 Å². The molecule has 3 heteroatoms. The van der Waals surface area contributed by atoms with Crippen molar-refractivity contribution in [2.45, 2.75) is 11.4 Å². The van der Waals surface area contributed by atoms with E-state index in [1.807, 2.05) is 11.3 Å². The Bertz CT molecular complexity index is 777. The van der Waals surface area contributed by atoms with E-state index in [9.17, 15) is 0 Å². The number of likely N-dealkylation sites (N-methyl/N-ethyl adjacent to an activating group) is 1. The Hall–Kier alpha value is -1.35. The molecule has 1 unspecified atom stereocenters. The molecule has 0 amide bonds. The molecular weight excluding hydrogens is 298 g/mol. The number of hydrogen-bond donors (Lipinski definition) is 0. The van der Waals surface area contributed by atoms with Crippen LogP contribution in [-0.2, 0) is 11.4 Å². The summed E-state index contributed by atoms with van der Waals surface area (Å²) in [6.07, 6.45) is 0. The second-order valence-electron chi connectivity index (χ2n) is 5.78. The average Bonchev–Trinajstić information content (AvgIpc) is 2.91. The fraction of sp³-hybridized carbons (Fsp3) is 0.222. The molecule has 0 fully saturated rings. The Balaban J connectivity index is 1.93. The summed E-state index contributed by atoms with van der Waals surface area (Å²) in [6.45, 7) is 1.81. The summed E-state index contributed by atoms with van der Waals surface area (Å²) in [5, 5.41) is 1.28. The van der Waals surface area contributed by atoms with E-state index in [-0.39, 0.29) is 0 Å². The van der Waals surface area contributed by atoms with E-state index in [4.69, 9.17) is 11.6 Å². The van der Waals surface area contributed by atoms with Crippen molar-refractivity contribution in [3.63, 3.8) is 0 Å². The van der Waals surface area contributed by atoms with Crippen molar-refractivity contribution in [3.05, 3.63) is 70.6 Å². The van der Waals surface area contributed by atoms with Gasteiger partial charge in [0, 0.05) is 22.7 Å². The van der Waals surface area contributed by atoms with E-state index < -0.39 is 4.87 Å². The van der Waals surface area contributed by atoms with Crippen LogP contribution < -0.4 is 0 Å². The number of nitrogens with zero attached hydrogens (tertiary/aromatic N) is 1. The molecular formula is C18H16ClNS. The summed E-state index contributed by atoms with van der Waals surface area (Å²) in [7, 11) is 2.14. The summed E-state index contributed by atoms with van der Waals surface area (Å²) in [5.41, 5.74) is 2.59. The van der Waals surface area contributed by atoms with Crippen LogP contribution in [0.15, 0.2) is 54.6 Å². The van der Waals surface area contributed by atoms with E-state index in [1.165, 1.54) is 26.1 Å². The molecule has 0 N–H and O–H groups in total. The van der Waals surface area contributed by atoms with Crippen LogP contribution in [0.4, 0.5) is 0 Å². The summed E-state index contributed by atoms with van der Waals surface area (Å²) >= 11 is 8.98. The first kappa shape index (κ1) is 13.3. The molecule has 1 atom stereocenters. The van der Waals surface area contributed by atoms with Gasteiger partial charge in [0.05, 0.1) is 0 Å². The van der Waals surface area contributed by atoms with Gasteiger partial charge in [-0.3, -0.25) is 4.90 Å². The Morgan fingerprint density at radius 2 is 1.86 bits per heavy atom. The first-order valence-corrected chi connectivity index (χ1v) is 8.31. The molecule has 0 saturated carbocycles. The van der Waals surface area contributed by atoms with E-state index in [0.29, 0.717) is 0 Å². The van der Waals surface area contributed by atoms with Crippen LogP contribution in [0.5, 0.6) is 0 Å². The van der Waals surface area contributed by atoms with Crippen molar-refractivity contribution in [2.24, 2.45) is 0 Å². The third-order valence-corrected chi connectivity index (χ3v) is 6.11. The van der Waals surface area contributed by atoms with Gasteiger partial charge in [0.2, 0.25) is 0 Å². The van der Waals surface area contributed by atoms with Crippen LogP contribution in [-0.4, -0.2) is 18.5 Å². The lowest BCUT2D eigenvalue weighted by Gasteiger charge is -2.38. The Labute approximate surface area is 133 Å². The molecule has 1 aliphatic rings. The number of halogens is 1. The van der Waals surface area contributed by atoms with Gasteiger partial charge >= 0.3 is 0 Å². The molecule has 2 heterocycles. The second kappa shape index (κ2) is 4.84. The first-order chi connectivity index (χ1) is 10.2. The second-order valence-corrected chi connectivity index (χ2v) is 7.51. The van der Waals surface area contributed by atoms with Gasteiger partial charge in [-0.2, -0.15) is 0 Å². The Kier molecular flexibility index (Phi) is 3.07. The van der Waals surface area contributed by atoms with Crippen LogP contribution in [0.2, 0.25) is 0 Å². The molecule has 1 nitrogen and oxygen atoms in total. The molecule has 106 valence electrons. The van der Waals surface area contributed by atoms with E-state index >= 15 is 0 Å². The van der Waals surface area contributed by atoms with Crippen molar-refractivity contribution in [3.8, 4) is 0 Å². The smallest absolute Gasteiger partial charge is 0.116 e. The van der Waals surface area contributed by atoms with Crippen molar-refractivity contribution in [2.75, 3.05) is 13.6 Å². The minimum atomic E-state index is -0.437. The largest absolute Gasteiger partial charge is 0.300 e. The monoisotopic (exact) mass is 313 g/mol. The molecule has 21 heavy (non-hydrogen) atoms. The molecule has 4 rings (SSSR count). The third-order valence-electron chi connectivity index (χ3n) is 4.19. The average molecular weight is 314 g/mol. The number of benzene rings is 2. The van der Waals surface area contributed by atoms with Gasteiger partial charge in [0.25, 0.3) is 0 Å². The number of hydrogen-bond acceptors (Lipinski definition) is 2. The van der Waals surface area contributed by atoms with Gasteiger partial charge in [-0.25, -0.2) is 0 Å². The standard InChI is InChI=1S/C18H16ClNS/c1-20-11-14-7-2-4-8-15(14)18(19,12-20)17-10-13-6-3-5-9-16(13)21-17/h2-10H,11-12H2,1H3. The van der Waals surface area contributed by atoms with Crippen molar-refractivity contribution in [1.29, 1.82) is 0 Å².